The van der Waals surface area contributed by atoms with Crippen LogP contribution >= 0.6 is 11.3 Å². The molecule has 4 rings (SSSR count). The van der Waals surface area contributed by atoms with Crippen LogP contribution in [0.5, 0.6) is 11.5 Å². The van der Waals surface area contributed by atoms with Gasteiger partial charge in [0.2, 0.25) is 5.13 Å². The van der Waals surface area contributed by atoms with E-state index in [-0.39, 0.29) is 11.3 Å². The first-order valence-corrected chi connectivity index (χ1v) is 12.3. The molecule has 1 heterocycles. The van der Waals surface area contributed by atoms with Crippen LogP contribution < -0.4 is 14.5 Å². The summed E-state index contributed by atoms with van der Waals surface area (Å²) in [6.45, 7) is 8.98. The zero-order valence-corrected chi connectivity index (χ0v) is 21.4. The van der Waals surface area contributed by atoms with Gasteiger partial charge in [-0.25, -0.2) is 4.98 Å². The molecule has 0 radical (unpaired) electrons. The summed E-state index contributed by atoms with van der Waals surface area (Å²) in [7, 11) is 1.63. The average molecular weight is 488 g/mol. The summed E-state index contributed by atoms with van der Waals surface area (Å²) in [5.74, 6) is 1.27. The summed E-state index contributed by atoms with van der Waals surface area (Å²) >= 11 is 1.39. The van der Waals surface area contributed by atoms with E-state index >= 15 is 0 Å². The van der Waals surface area contributed by atoms with Crippen molar-refractivity contribution in [2.75, 3.05) is 18.7 Å². The molecule has 4 aromatic rings. The number of anilines is 1. The molecular weight excluding hydrogens is 458 g/mol. The molecule has 35 heavy (non-hydrogen) atoms. The van der Waals surface area contributed by atoms with Crippen LogP contribution in [-0.4, -0.2) is 30.8 Å². The molecule has 180 valence electrons. The Morgan fingerprint density at radius 1 is 1.03 bits per heavy atom. The van der Waals surface area contributed by atoms with Crippen molar-refractivity contribution in [3.05, 3.63) is 83.4 Å². The topological polar surface area (TPSA) is 64.0 Å². The molecule has 0 unspecified atom stereocenters. The molecule has 0 aliphatic carbocycles. The van der Waals surface area contributed by atoms with Crippen LogP contribution in [0.4, 0.5) is 5.13 Å². The van der Waals surface area contributed by atoms with E-state index in [1.54, 1.807) is 13.3 Å². The number of hydrogen-bond acceptors (Lipinski definition) is 6. The molecule has 3 aromatic carbocycles. The minimum Gasteiger partial charge on any atom is -0.497 e. The number of amides is 1. The number of benzene rings is 3. The van der Waals surface area contributed by atoms with E-state index in [0.717, 1.165) is 32.8 Å². The number of carbonyl (C=O) groups is 1. The lowest BCUT2D eigenvalue weighted by Crippen LogP contribution is -2.25. The van der Waals surface area contributed by atoms with E-state index in [2.05, 4.69) is 30.9 Å². The number of methoxy groups -OCH3 is 1. The predicted octanol–water partition coefficient (Wildman–Crippen LogP) is 6.68. The molecule has 0 saturated carbocycles. The van der Waals surface area contributed by atoms with E-state index in [0.29, 0.717) is 17.3 Å². The third-order valence-corrected chi connectivity index (χ3v) is 6.46. The first-order chi connectivity index (χ1) is 16.8. The van der Waals surface area contributed by atoms with Gasteiger partial charge >= 0.3 is 0 Å². The zero-order valence-electron chi connectivity index (χ0n) is 20.6. The zero-order chi connectivity index (χ0) is 25.0. The van der Waals surface area contributed by atoms with Crippen LogP contribution in [-0.2, 0) is 5.41 Å². The maximum absolute atomic E-state index is 13.6. The highest BCUT2D eigenvalue weighted by Gasteiger charge is 2.22. The Morgan fingerprint density at radius 3 is 2.34 bits per heavy atom. The van der Waals surface area contributed by atoms with Gasteiger partial charge < -0.3 is 9.47 Å². The second-order valence-corrected chi connectivity index (χ2v) is 10.0. The van der Waals surface area contributed by atoms with Crippen LogP contribution in [0.1, 0.15) is 49.2 Å². The van der Waals surface area contributed by atoms with Crippen molar-refractivity contribution >= 4 is 38.8 Å². The summed E-state index contributed by atoms with van der Waals surface area (Å²) < 4.78 is 11.8. The van der Waals surface area contributed by atoms with Crippen molar-refractivity contribution < 1.29 is 14.3 Å². The quantitative estimate of drug-likeness (QED) is 0.215. The van der Waals surface area contributed by atoms with Gasteiger partial charge in [-0.3, -0.25) is 4.79 Å². The van der Waals surface area contributed by atoms with Crippen molar-refractivity contribution in [3.8, 4) is 11.5 Å². The number of hydrogen-bond donors (Lipinski definition) is 0. The monoisotopic (exact) mass is 487 g/mol. The van der Waals surface area contributed by atoms with E-state index in [1.807, 2.05) is 73.7 Å². The number of ether oxygens (including phenoxy) is 2. The lowest BCUT2D eigenvalue weighted by molar-refractivity contribution is 0.0988. The highest BCUT2D eigenvalue weighted by molar-refractivity contribution is 7.22. The third-order valence-electron chi connectivity index (χ3n) is 5.47. The number of rotatable bonds is 7. The fourth-order valence-electron chi connectivity index (χ4n) is 3.48. The predicted molar refractivity (Wildman–Crippen MR) is 143 cm³/mol. The van der Waals surface area contributed by atoms with E-state index in [9.17, 15) is 4.79 Å². The van der Waals surface area contributed by atoms with Crippen LogP contribution in [0.2, 0.25) is 0 Å². The SMILES string of the molecule is CCOc1ccc(/C=N/N(C(=O)c2ccc(C(C)(C)C)cc2)c2nc3ccc(OC)cc3s2)cc1. The van der Waals surface area contributed by atoms with Gasteiger partial charge in [-0.15, -0.1) is 0 Å². The molecule has 6 nitrogen and oxygen atoms in total. The number of carbonyl (C=O) groups excluding carboxylic acids is 1. The maximum atomic E-state index is 13.6. The van der Waals surface area contributed by atoms with Crippen molar-refractivity contribution in [1.82, 2.24) is 4.98 Å². The lowest BCUT2D eigenvalue weighted by Gasteiger charge is -2.19. The van der Waals surface area contributed by atoms with Gasteiger partial charge in [-0.2, -0.15) is 10.1 Å². The van der Waals surface area contributed by atoms with Gasteiger partial charge in [0.15, 0.2) is 0 Å². The Kier molecular flexibility index (Phi) is 7.17. The number of nitrogens with zero attached hydrogens (tertiary/aromatic N) is 3. The van der Waals surface area contributed by atoms with Gasteiger partial charge in [0.1, 0.15) is 11.5 Å². The molecule has 0 N–H and O–H groups in total. The molecule has 1 aromatic heterocycles. The van der Waals surface area contributed by atoms with E-state index in [4.69, 9.17) is 9.47 Å². The Bertz CT molecular complexity index is 1340. The Balaban J connectivity index is 1.70. The van der Waals surface area contributed by atoms with Gasteiger partial charge in [0.25, 0.3) is 5.91 Å². The normalized spacial score (nSPS) is 11.7. The van der Waals surface area contributed by atoms with Gasteiger partial charge in [0.05, 0.1) is 30.1 Å². The molecule has 0 spiro atoms. The second kappa shape index (κ2) is 10.3. The number of fused-ring (bicyclic) bond motifs is 1. The Morgan fingerprint density at radius 2 is 1.71 bits per heavy atom. The van der Waals surface area contributed by atoms with Gasteiger partial charge in [-0.05, 0) is 78.1 Å². The number of aromatic nitrogens is 1. The van der Waals surface area contributed by atoms with Crippen molar-refractivity contribution in [3.63, 3.8) is 0 Å². The number of hydrazone groups is 1. The Labute approximate surface area is 209 Å². The van der Waals surface area contributed by atoms with Crippen LogP contribution in [0, 0.1) is 0 Å². The van der Waals surface area contributed by atoms with Crippen LogP contribution in [0.15, 0.2) is 71.8 Å². The smallest absolute Gasteiger partial charge is 0.280 e. The van der Waals surface area contributed by atoms with Gasteiger partial charge in [-0.1, -0.05) is 44.2 Å². The fourth-order valence-corrected chi connectivity index (χ4v) is 4.43. The molecule has 1 amide bonds. The lowest BCUT2D eigenvalue weighted by atomic mass is 9.87. The largest absolute Gasteiger partial charge is 0.497 e. The van der Waals surface area contributed by atoms with Crippen molar-refractivity contribution in [2.24, 2.45) is 5.10 Å². The second-order valence-electron chi connectivity index (χ2n) is 9.02. The van der Waals surface area contributed by atoms with Crippen molar-refractivity contribution in [1.29, 1.82) is 0 Å². The fraction of sp³-hybridized carbons (Fsp3) is 0.250. The summed E-state index contributed by atoms with van der Waals surface area (Å²) in [6, 6.07) is 20.9. The maximum Gasteiger partial charge on any atom is 0.280 e. The first kappa shape index (κ1) is 24.4. The van der Waals surface area contributed by atoms with E-state index in [1.165, 1.54) is 16.3 Å². The van der Waals surface area contributed by atoms with Crippen LogP contribution in [0.3, 0.4) is 0 Å². The molecule has 7 heteroatoms. The molecular formula is C28H29N3O3S. The van der Waals surface area contributed by atoms with Gasteiger partial charge in [0, 0.05) is 5.56 Å². The van der Waals surface area contributed by atoms with Crippen LogP contribution in [0.25, 0.3) is 10.2 Å². The summed E-state index contributed by atoms with van der Waals surface area (Å²) in [5, 5.41) is 6.41. The average Bonchev–Trinajstić information content (AvgIpc) is 3.27. The third kappa shape index (κ3) is 5.69. The highest BCUT2D eigenvalue weighted by atomic mass is 32.1. The summed E-state index contributed by atoms with van der Waals surface area (Å²) in [5.41, 5.74) is 3.32. The minimum absolute atomic E-state index is 0.000835. The van der Waals surface area contributed by atoms with E-state index < -0.39 is 0 Å². The summed E-state index contributed by atoms with van der Waals surface area (Å²) in [6.07, 6.45) is 1.66. The molecule has 0 aliphatic heterocycles. The molecule has 0 atom stereocenters. The molecule has 0 bridgehead atoms. The standard InChI is InChI=1S/C28H29N3O3S/c1-6-34-22-13-7-19(8-14-22)18-29-31(26(32)20-9-11-21(12-10-20)28(2,3)4)27-30-24-16-15-23(33-5)17-25(24)35-27/h7-18H,6H2,1-5H3/b29-18+. The van der Waals surface area contributed by atoms with Crippen molar-refractivity contribution in [2.45, 2.75) is 33.1 Å². The molecule has 0 saturated heterocycles. The number of thiazole rings is 1. The first-order valence-electron chi connectivity index (χ1n) is 11.4. The molecule has 0 fully saturated rings. The highest BCUT2D eigenvalue weighted by Crippen LogP contribution is 2.33. The minimum atomic E-state index is -0.251. The molecule has 0 aliphatic rings. The Hall–Kier alpha value is -3.71. The summed E-state index contributed by atoms with van der Waals surface area (Å²) in [4.78, 5) is 18.3.